The number of carbonyl (C=O) groups excluding carboxylic acids is 1. The maximum Gasteiger partial charge on any atom is 0.326 e. The van der Waals surface area contributed by atoms with E-state index < -0.39 is 26.9 Å². The normalized spacial score (nSPS) is 33.0. The molecule has 1 aliphatic heterocycles. The summed E-state index contributed by atoms with van der Waals surface area (Å²) in [6.07, 6.45) is 0.190. The third-order valence-corrected chi connectivity index (χ3v) is 3.83. The zero-order valence-corrected chi connectivity index (χ0v) is 9.40. The first-order valence-corrected chi connectivity index (χ1v) is 6.53. The van der Waals surface area contributed by atoms with Crippen LogP contribution in [0.4, 0.5) is 4.39 Å². The van der Waals surface area contributed by atoms with Crippen LogP contribution < -0.4 is 0 Å². The number of amides is 1. The molecule has 4 nitrogen and oxygen atoms in total. The maximum atomic E-state index is 14.0. The lowest BCUT2D eigenvalue weighted by molar-refractivity contribution is -0.178. The number of hydrogen-bond donors (Lipinski definition) is 0. The summed E-state index contributed by atoms with van der Waals surface area (Å²) >= 11 is 0. The van der Waals surface area contributed by atoms with Crippen LogP contribution >= 0.6 is 10.7 Å². The van der Waals surface area contributed by atoms with Crippen molar-refractivity contribution >= 4 is 25.8 Å². The zero-order valence-electron chi connectivity index (χ0n) is 7.83. The molecule has 1 saturated heterocycles. The van der Waals surface area contributed by atoms with Crippen molar-refractivity contribution in [2.75, 3.05) is 0 Å². The van der Waals surface area contributed by atoms with E-state index in [0.29, 0.717) is 0 Å². The molecule has 1 amide bonds. The molecule has 0 saturated carbocycles. The number of nitrogens with zero attached hydrogens (tertiary/aromatic N) is 1. The molecule has 0 unspecified atom stereocenters. The molecule has 0 bridgehead atoms. The highest BCUT2D eigenvalue weighted by atomic mass is 35.7. The molecular weight excluding hydrogens is 233 g/mol. The molecule has 0 spiro atoms. The average Bonchev–Trinajstić information content (AvgIpc) is 2.01. The molecule has 0 aliphatic carbocycles. The molecule has 2 atom stereocenters. The molecule has 1 rings (SSSR count). The fourth-order valence-electron chi connectivity index (χ4n) is 1.76. The standard InChI is InChI=1S/C7H11ClFNO3S/c1-3-5-6(11)10(14(8,12)13)7(5,9)4-2/h5H,3-4H2,1-2H3/t5-,7-/m1/s1. The summed E-state index contributed by atoms with van der Waals surface area (Å²) in [4.78, 5) is 11.2. The van der Waals surface area contributed by atoms with Crippen LogP contribution in [0.3, 0.4) is 0 Å². The van der Waals surface area contributed by atoms with E-state index in [9.17, 15) is 17.6 Å². The van der Waals surface area contributed by atoms with Gasteiger partial charge < -0.3 is 0 Å². The van der Waals surface area contributed by atoms with Crippen molar-refractivity contribution in [1.82, 2.24) is 4.31 Å². The average molecular weight is 244 g/mol. The Hall–Kier alpha value is -0.360. The topological polar surface area (TPSA) is 54.5 Å². The van der Waals surface area contributed by atoms with Crippen LogP contribution in [0.5, 0.6) is 0 Å². The van der Waals surface area contributed by atoms with Gasteiger partial charge in [-0.05, 0) is 12.8 Å². The van der Waals surface area contributed by atoms with Gasteiger partial charge in [0, 0.05) is 10.7 Å². The molecule has 1 heterocycles. The minimum Gasteiger partial charge on any atom is -0.273 e. The van der Waals surface area contributed by atoms with Gasteiger partial charge in [0.1, 0.15) is 0 Å². The first-order valence-electron chi connectivity index (χ1n) is 4.26. The molecule has 14 heavy (non-hydrogen) atoms. The van der Waals surface area contributed by atoms with Crippen LogP contribution in [-0.4, -0.2) is 24.4 Å². The van der Waals surface area contributed by atoms with E-state index in [2.05, 4.69) is 0 Å². The van der Waals surface area contributed by atoms with Crippen LogP contribution in [0, 0.1) is 5.92 Å². The number of β-lactam (4-membered cyclic amide) rings is 1. The molecule has 0 aromatic rings. The summed E-state index contributed by atoms with van der Waals surface area (Å²) < 4.78 is 35.9. The van der Waals surface area contributed by atoms with E-state index in [-0.39, 0.29) is 17.1 Å². The van der Waals surface area contributed by atoms with Gasteiger partial charge in [0.2, 0.25) is 11.7 Å². The quantitative estimate of drug-likeness (QED) is 0.428. The van der Waals surface area contributed by atoms with Gasteiger partial charge in [-0.25, -0.2) is 4.39 Å². The van der Waals surface area contributed by atoms with E-state index in [1.54, 1.807) is 6.92 Å². The summed E-state index contributed by atoms with van der Waals surface area (Å²) in [7, 11) is 0.656. The van der Waals surface area contributed by atoms with Gasteiger partial charge >= 0.3 is 9.24 Å². The van der Waals surface area contributed by atoms with Crippen LogP contribution in [0.15, 0.2) is 0 Å². The number of alkyl halides is 1. The van der Waals surface area contributed by atoms with E-state index in [0.717, 1.165) is 0 Å². The van der Waals surface area contributed by atoms with Gasteiger partial charge in [-0.3, -0.25) is 4.79 Å². The highest BCUT2D eigenvalue weighted by molar-refractivity contribution is 8.12. The summed E-state index contributed by atoms with van der Waals surface area (Å²) in [5, 5.41) is 0. The number of carbonyl (C=O) groups is 1. The fourth-order valence-corrected chi connectivity index (χ4v) is 3.26. The van der Waals surface area contributed by atoms with Crippen LogP contribution in [0.1, 0.15) is 26.7 Å². The number of halogens is 2. The third kappa shape index (κ3) is 1.40. The molecule has 0 aromatic heterocycles. The lowest BCUT2D eigenvalue weighted by Crippen LogP contribution is -2.68. The van der Waals surface area contributed by atoms with E-state index in [1.165, 1.54) is 6.92 Å². The summed E-state index contributed by atoms with van der Waals surface area (Å²) in [6, 6.07) is 0. The lowest BCUT2D eigenvalue weighted by Gasteiger charge is -2.48. The molecule has 7 heteroatoms. The van der Waals surface area contributed by atoms with Gasteiger partial charge in [0.25, 0.3) is 0 Å². The Labute approximate surface area is 86.6 Å². The maximum absolute atomic E-state index is 14.0. The van der Waals surface area contributed by atoms with Gasteiger partial charge in [-0.15, -0.1) is 0 Å². The molecular formula is C7H11ClFNO3S. The Kier molecular flexibility index (Phi) is 2.80. The summed E-state index contributed by atoms with van der Waals surface area (Å²) in [5.74, 6) is -3.78. The number of rotatable bonds is 3. The Morgan fingerprint density at radius 3 is 2.36 bits per heavy atom. The lowest BCUT2D eigenvalue weighted by atomic mass is 9.84. The van der Waals surface area contributed by atoms with Gasteiger partial charge in [0.05, 0.1) is 5.92 Å². The van der Waals surface area contributed by atoms with Crippen LogP contribution in [0.25, 0.3) is 0 Å². The third-order valence-electron chi connectivity index (χ3n) is 2.49. The van der Waals surface area contributed by atoms with Crippen molar-refractivity contribution in [2.45, 2.75) is 32.5 Å². The van der Waals surface area contributed by atoms with Crippen molar-refractivity contribution in [2.24, 2.45) is 5.92 Å². The SMILES string of the molecule is CC[C@@H]1C(=O)N(S(=O)(=O)Cl)[C@]1(F)CC. The van der Waals surface area contributed by atoms with Crippen molar-refractivity contribution in [3.8, 4) is 0 Å². The molecule has 1 fully saturated rings. The highest BCUT2D eigenvalue weighted by Gasteiger charge is 2.63. The Morgan fingerprint density at radius 1 is 1.57 bits per heavy atom. The Balaban J connectivity index is 3.07. The van der Waals surface area contributed by atoms with E-state index >= 15 is 0 Å². The first kappa shape index (κ1) is 11.7. The highest BCUT2D eigenvalue weighted by Crippen LogP contribution is 2.46. The second-order valence-electron chi connectivity index (χ2n) is 3.18. The molecule has 82 valence electrons. The smallest absolute Gasteiger partial charge is 0.273 e. The van der Waals surface area contributed by atoms with Gasteiger partial charge in [0.15, 0.2) is 0 Å². The second kappa shape index (κ2) is 3.34. The van der Waals surface area contributed by atoms with Crippen molar-refractivity contribution in [3.63, 3.8) is 0 Å². The van der Waals surface area contributed by atoms with Crippen LogP contribution in [0.2, 0.25) is 0 Å². The molecule has 0 radical (unpaired) electrons. The Bertz CT molecular complexity index is 358. The van der Waals surface area contributed by atoms with Crippen molar-refractivity contribution in [3.05, 3.63) is 0 Å². The minimum atomic E-state index is -4.30. The predicted octanol–water partition coefficient (Wildman–Crippen LogP) is 1.41. The zero-order chi connectivity index (χ0) is 11.1. The molecule has 1 aliphatic rings. The van der Waals surface area contributed by atoms with E-state index in [1.807, 2.05) is 0 Å². The van der Waals surface area contributed by atoms with Gasteiger partial charge in [-0.2, -0.15) is 12.7 Å². The van der Waals surface area contributed by atoms with Crippen molar-refractivity contribution in [1.29, 1.82) is 0 Å². The summed E-state index contributed by atoms with van der Waals surface area (Å²) in [6.45, 7) is 3.11. The van der Waals surface area contributed by atoms with E-state index in [4.69, 9.17) is 10.7 Å². The first-order chi connectivity index (χ1) is 6.29. The van der Waals surface area contributed by atoms with Gasteiger partial charge in [-0.1, -0.05) is 13.8 Å². The minimum absolute atomic E-state index is 0.0802. The molecule has 0 N–H and O–H groups in total. The van der Waals surface area contributed by atoms with Crippen LogP contribution in [-0.2, 0) is 14.0 Å². The Morgan fingerprint density at radius 2 is 2.07 bits per heavy atom. The molecule has 0 aromatic carbocycles. The van der Waals surface area contributed by atoms with Crippen molar-refractivity contribution < 1.29 is 17.6 Å². The fraction of sp³-hybridized carbons (Fsp3) is 0.857. The monoisotopic (exact) mass is 243 g/mol. The predicted molar refractivity (Wildman–Crippen MR) is 49.5 cm³/mol. The largest absolute Gasteiger partial charge is 0.326 e. The second-order valence-corrected chi connectivity index (χ2v) is 5.54. The number of hydrogen-bond acceptors (Lipinski definition) is 3. The summed E-state index contributed by atoms with van der Waals surface area (Å²) in [5.41, 5.74) is 0.